The molecule has 0 unspecified atom stereocenters. The molecule has 4 heteroatoms. The van der Waals surface area contributed by atoms with E-state index < -0.39 is 11.4 Å². The molecule has 0 radical (unpaired) electrons. The molecule has 0 aromatic heterocycles. The molecule has 4 nitrogen and oxygen atoms in total. The van der Waals surface area contributed by atoms with Crippen LogP contribution in [0.3, 0.4) is 0 Å². The van der Waals surface area contributed by atoms with E-state index in [4.69, 9.17) is 9.47 Å². The van der Waals surface area contributed by atoms with Crippen LogP contribution in [0.4, 0.5) is 0 Å². The van der Waals surface area contributed by atoms with Crippen molar-refractivity contribution in [3.05, 3.63) is 117 Å². The Kier molecular flexibility index (Phi) is 10.3. The zero-order valence-electron chi connectivity index (χ0n) is 27.6. The van der Waals surface area contributed by atoms with Gasteiger partial charge >= 0.3 is 0 Å². The van der Waals surface area contributed by atoms with Crippen LogP contribution in [-0.2, 0) is 5.41 Å². The summed E-state index contributed by atoms with van der Waals surface area (Å²) in [6.07, 6.45) is 8.84. The Balaban J connectivity index is 1.67. The van der Waals surface area contributed by atoms with Crippen LogP contribution in [0.2, 0.25) is 0 Å². The highest BCUT2D eigenvalue weighted by Crippen LogP contribution is 2.57. The second-order valence-electron chi connectivity index (χ2n) is 12.6. The number of fused-ring (bicyclic) bond motifs is 3. The molecule has 0 saturated carbocycles. The molecule has 236 valence electrons. The summed E-state index contributed by atoms with van der Waals surface area (Å²) < 4.78 is 12.3. The first-order valence-electron chi connectivity index (χ1n) is 16.8. The molecule has 4 aromatic rings. The quantitative estimate of drug-likeness (QED) is 0.112. The first-order chi connectivity index (χ1) is 21.8. The monoisotopic (exact) mass is 603 g/mol. The van der Waals surface area contributed by atoms with E-state index in [1.54, 1.807) is 6.07 Å². The maximum Gasteiger partial charge on any atom is 0.128 e. The van der Waals surface area contributed by atoms with Gasteiger partial charge in [-0.3, -0.25) is 0 Å². The third kappa shape index (κ3) is 6.52. The van der Waals surface area contributed by atoms with Gasteiger partial charge in [0.15, 0.2) is 0 Å². The molecule has 0 aliphatic heterocycles. The first kappa shape index (κ1) is 32.3. The minimum Gasteiger partial charge on any atom is -0.545 e. The number of ether oxygens (including phenoxy) is 2. The van der Waals surface area contributed by atoms with Gasteiger partial charge in [0.25, 0.3) is 0 Å². The zero-order valence-corrected chi connectivity index (χ0v) is 27.6. The van der Waals surface area contributed by atoms with Gasteiger partial charge in [0.2, 0.25) is 0 Å². The third-order valence-corrected chi connectivity index (χ3v) is 9.20. The SMILES string of the molecule is CCCCCCOc1ccc(C2(c3ccc(OCCCCCC)c(C(=O)[O-])c3)c3cc(C)ccc3-c3ccc(C)cc32)cc1C. The molecular weight excluding hydrogens is 556 g/mol. The summed E-state index contributed by atoms with van der Waals surface area (Å²) in [4.78, 5) is 12.6. The lowest BCUT2D eigenvalue weighted by Gasteiger charge is -2.35. The van der Waals surface area contributed by atoms with Gasteiger partial charge in [0.05, 0.1) is 24.6 Å². The Labute approximate surface area is 269 Å². The van der Waals surface area contributed by atoms with Crippen molar-refractivity contribution < 1.29 is 19.4 Å². The molecule has 0 fully saturated rings. The number of carboxylic acids is 1. The molecule has 1 aliphatic carbocycles. The first-order valence-corrected chi connectivity index (χ1v) is 16.8. The van der Waals surface area contributed by atoms with Crippen molar-refractivity contribution in [3.8, 4) is 22.6 Å². The second-order valence-corrected chi connectivity index (χ2v) is 12.6. The highest BCUT2D eigenvalue weighted by Gasteiger charge is 2.46. The van der Waals surface area contributed by atoms with Gasteiger partial charge in [-0.25, -0.2) is 0 Å². The normalized spacial score (nSPS) is 12.9. The number of carbonyl (C=O) groups is 1. The fraction of sp³-hybridized carbons (Fsp3) is 0.390. The Hall–Kier alpha value is -4.05. The smallest absolute Gasteiger partial charge is 0.128 e. The fourth-order valence-electron chi connectivity index (χ4n) is 6.86. The van der Waals surface area contributed by atoms with Crippen LogP contribution in [0, 0.1) is 20.8 Å². The van der Waals surface area contributed by atoms with E-state index in [0.717, 1.165) is 87.9 Å². The number of hydrogen-bond donors (Lipinski definition) is 0. The largest absolute Gasteiger partial charge is 0.545 e. The van der Waals surface area contributed by atoms with Gasteiger partial charge in [-0.05, 0) is 90.8 Å². The van der Waals surface area contributed by atoms with E-state index in [1.807, 2.05) is 12.1 Å². The molecule has 45 heavy (non-hydrogen) atoms. The van der Waals surface area contributed by atoms with E-state index in [2.05, 4.69) is 89.2 Å². The lowest BCUT2D eigenvalue weighted by Crippen LogP contribution is -2.30. The van der Waals surface area contributed by atoms with Crippen LogP contribution in [0.15, 0.2) is 72.8 Å². The van der Waals surface area contributed by atoms with Crippen LogP contribution in [0.5, 0.6) is 11.5 Å². The number of carbonyl (C=O) groups excluding carboxylic acids is 1. The average Bonchev–Trinajstić information content (AvgIpc) is 3.30. The molecule has 0 atom stereocenters. The number of rotatable bonds is 15. The van der Waals surface area contributed by atoms with Crippen molar-refractivity contribution in [2.75, 3.05) is 13.2 Å². The summed E-state index contributed by atoms with van der Waals surface area (Å²) in [6.45, 7) is 11.9. The van der Waals surface area contributed by atoms with Crippen LogP contribution in [0.1, 0.15) is 115 Å². The Morgan fingerprint density at radius 3 is 1.64 bits per heavy atom. The van der Waals surface area contributed by atoms with Crippen molar-refractivity contribution in [2.45, 2.75) is 91.4 Å². The standard InChI is InChI=1S/C41H48O4/c1-6-8-10-12-22-44-38-20-16-31(26-30(38)5)41(32-17-21-39(35(27-32)40(42)43)45-23-13-11-9-7-2)36-24-28(3)14-18-33(36)34-19-15-29(4)25-37(34)41/h14-21,24-27H,6-13,22-23H2,1-5H3,(H,42,43)/p-1. The predicted molar refractivity (Wildman–Crippen MR) is 182 cm³/mol. The van der Waals surface area contributed by atoms with Crippen molar-refractivity contribution in [1.82, 2.24) is 0 Å². The van der Waals surface area contributed by atoms with E-state index in [0.29, 0.717) is 19.0 Å². The van der Waals surface area contributed by atoms with E-state index in [9.17, 15) is 9.90 Å². The van der Waals surface area contributed by atoms with Crippen molar-refractivity contribution in [1.29, 1.82) is 0 Å². The molecule has 0 heterocycles. The lowest BCUT2D eigenvalue weighted by molar-refractivity contribution is -0.255. The highest BCUT2D eigenvalue weighted by molar-refractivity contribution is 5.91. The van der Waals surface area contributed by atoms with Crippen molar-refractivity contribution >= 4 is 5.97 Å². The van der Waals surface area contributed by atoms with Gasteiger partial charge in [-0.15, -0.1) is 0 Å². The van der Waals surface area contributed by atoms with E-state index >= 15 is 0 Å². The van der Waals surface area contributed by atoms with Crippen LogP contribution in [0.25, 0.3) is 11.1 Å². The van der Waals surface area contributed by atoms with Crippen molar-refractivity contribution in [2.24, 2.45) is 0 Å². The lowest BCUT2D eigenvalue weighted by atomic mass is 9.67. The minimum absolute atomic E-state index is 0.0847. The average molecular weight is 604 g/mol. The summed E-state index contributed by atoms with van der Waals surface area (Å²) in [5.74, 6) is 0.0189. The second kappa shape index (κ2) is 14.4. The molecule has 0 bridgehead atoms. The molecule has 0 spiro atoms. The maximum absolute atomic E-state index is 12.6. The summed E-state index contributed by atoms with van der Waals surface area (Å²) in [6, 6.07) is 25.4. The Morgan fingerprint density at radius 2 is 1.13 bits per heavy atom. The Morgan fingerprint density at radius 1 is 0.622 bits per heavy atom. The molecular formula is C41H47O4-. The van der Waals surface area contributed by atoms with Gasteiger partial charge < -0.3 is 19.4 Å². The van der Waals surface area contributed by atoms with E-state index in [1.165, 1.54) is 19.3 Å². The Bertz CT molecular complexity index is 1600. The molecule has 0 amide bonds. The van der Waals surface area contributed by atoms with Crippen LogP contribution >= 0.6 is 0 Å². The number of hydrogen-bond acceptors (Lipinski definition) is 4. The maximum atomic E-state index is 12.6. The van der Waals surface area contributed by atoms with Crippen LogP contribution < -0.4 is 14.6 Å². The number of benzene rings is 4. The molecule has 4 aromatic carbocycles. The minimum atomic E-state index is -1.23. The number of aryl methyl sites for hydroxylation is 3. The summed E-state index contributed by atoms with van der Waals surface area (Å²) >= 11 is 0. The fourth-order valence-corrected chi connectivity index (χ4v) is 6.86. The number of carboxylic acid groups (broad SMARTS) is 1. The third-order valence-electron chi connectivity index (χ3n) is 9.20. The summed E-state index contributed by atoms with van der Waals surface area (Å²) in [7, 11) is 0. The summed E-state index contributed by atoms with van der Waals surface area (Å²) in [5, 5.41) is 12.6. The van der Waals surface area contributed by atoms with Gasteiger partial charge in [-0.1, -0.05) is 118 Å². The molecule has 5 rings (SSSR count). The number of aromatic carboxylic acids is 1. The predicted octanol–water partition coefficient (Wildman–Crippen LogP) is 9.26. The summed E-state index contributed by atoms with van der Waals surface area (Å²) in [5.41, 5.74) is 9.28. The topological polar surface area (TPSA) is 58.6 Å². The van der Waals surface area contributed by atoms with Crippen molar-refractivity contribution in [3.63, 3.8) is 0 Å². The van der Waals surface area contributed by atoms with Gasteiger partial charge in [0.1, 0.15) is 11.5 Å². The van der Waals surface area contributed by atoms with Crippen LogP contribution in [-0.4, -0.2) is 19.2 Å². The van der Waals surface area contributed by atoms with E-state index in [-0.39, 0.29) is 5.56 Å². The van der Waals surface area contributed by atoms with Gasteiger partial charge in [0, 0.05) is 5.56 Å². The number of unbranched alkanes of at least 4 members (excludes halogenated alkanes) is 6. The molecule has 0 saturated heterocycles. The highest BCUT2D eigenvalue weighted by atomic mass is 16.5. The zero-order chi connectivity index (χ0) is 32.0. The molecule has 0 N–H and O–H groups in total. The molecule has 1 aliphatic rings. The van der Waals surface area contributed by atoms with Gasteiger partial charge in [-0.2, -0.15) is 0 Å².